The lowest BCUT2D eigenvalue weighted by Gasteiger charge is -2.41. The molecule has 0 saturated carbocycles. The van der Waals surface area contributed by atoms with Gasteiger partial charge in [-0.2, -0.15) is 0 Å². The molecule has 21 heavy (non-hydrogen) atoms. The van der Waals surface area contributed by atoms with Crippen LogP contribution in [0.4, 0.5) is 5.69 Å². The Balaban J connectivity index is 2.03. The predicted octanol–water partition coefficient (Wildman–Crippen LogP) is 3.09. The highest BCUT2D eigenvalue weighted by Gasteiger charge is 2.33. The molecular weight excluding hydrogens is 260 g/mol. The fourth-order valence-corrected chi connectivity index (χ4v) is 3.17. The summed E-state index contributed by atoms with van der Waals surface area (Å²) in [6.07, 6.45) is 3.40. The lowest BCUT2D eigenvalue weighted by atomic mass is 9.79. The summed E-state index contributed by atoms with van der Waals surface area (Å²) in [5.74, 6) is 0. The Bertz CT molecular complexity index is 410. The van der Waals surface area contributed by atoms with Crippen molar-refractivity contribution < 1.29 is 4.74 Å². The highest BCUT2D eigenvalue weighted by Crippen LogP contribution is 2.32. The minimum atomic E-state index is 0.340. The van der Waals surface area contributed by atoms with E-state index in [9.17, 15) is 0 Å². The fraction of sp³-hybridized carbons (Fsp3) is 0.667. The Labute approximate surface area is 129 Å². The summed E-state index contributed by atoms with van der Waals surface area (Å²) in [5.41, 5.74) is 3.06. The molecule has 0 atom stereocenters. The van der Waals surface area contributed by atoms with Gasteiger partial charge in [0.05, 0.1) is 0 Å². The smallest absolute Gasteiger partial charge is 0.0472 e. The van der Waals surface area contributed by atoms with Crippen LogP contribution >= 0.6 is 0 Å². The molecule has 1 aromatic rings. The second-order valence-corrected chi connectivity index (χ2v) is 6.27. The second kappa shape index (κ2) is 7.81. The van der Waals surface area contributed by atoms with Crippen molar-refractivity contribution in [3.8, 4) is 0 Å². The van der Waals surface area contributed by atoms with Gasteiger partial charge in [-0.3, -0.25) is 0 Å². The number of benzene rings is 1. The summed E-state index contributed by atoms with van der Waals surface area (Å²) in [5, 5.41) is 3.55. The molecule has 1 aromatic carbocycles. The molecule has 1 N–H and O–H groups in total. The van der Waals surface area contributed by atoms with E-state index in [1.165, 1.54) is 11.3 Å². The third kappa shape index (κ3) is 4.45. The Morgan fingerprint density at radius 1 is 1.14 bits per heavy atom. The van der Waals surface area contributed by atoms with Crippen LogP contribution in [-0.2, 0) is 11.2 Å². The first-order chi connectivity index (χ1) is 10.2. The van der Waals surface area contributed by atoms with E-state index in [1.54, 1.807) is 0 Å². The van der Waals surface area contributed by atoms with Gasteiger partial charge in [0.1, 0.15) is 0 Å². The number of hydrogen-bond acceptors (Lipinski definition) is 3. The first-order valence-electron chi connectivity index (χ1n) is 8.27. The number of hydrogen-bond donors (Lipinski definition) is 1. The lowest BCUT2D eigenvalue weighted by molar-refractivity contribution is 0.0190. The molecule has 1 aliphatic heterocycles. The molecule has 0 bridgehead atoms. The van der Waals surface area contributed by atoms with E-state index < -0.39 is 0 Å². The molecule has 118 valence electrons. The Morgan fingerprint density at radius 2 is 1.81 bits per heavy atom. The van der Waals surface area contributed by atoms with Crippen molar-refractivity contribution in [1.82, 2.24) is 5.32 Å². The maximum absolute atomic E-state index is 5.58. The molecule has 1 aliphatic rings. The number of anilines is 1. The molecule has 3 nitrogen and oxygen atoms in total. The first-order valence-corrected chi connectivity index (χ1v) is 8.27. The Morgan fingerprint density at radius 3 is 2.38 bits per heavy atom. The molecule has 0 unspecified atom stereocenters. The summed E-state index contributed by atoms with van der Waals surface area (Å²) in [6.45, 7) is 9.39. The zero-order chi connectivity index (χ0) is 15.1. The van der Waals surface area contributed by atoms with Crippen LogP contribution in [0.2, 0.25) is 0 Å². The summed E-state index contributed by atoms with van der Waals surface area (Å²) < 4.78 is 5.58. The number of nitrogens with one attached hydrogen (secondary N) is 1. The van der Waals surface area contributed by atoms with Gasteiger partial charge in [-0.05, 0) is 43.5 Å². The molecule has 0 aromatic heterocycles. The van der Waals surface area contributed by atoms with Gasteiger partial charge < -0.3 is 15.0 Å². The SMILES string of the molecule is CCNCC1(CN(C)c2ccc(CC)cc2)CCOCC1. The lowest BCUT2D eigenvalue weighted by Crippen LogP contribution is -2.46. The van der Waals surface area contributed by atoms with Gasteiger partial charge in [0.2, 0.25) is 0 Å². The average Bonchev–Trinajstić information content (AvgIpc) is 2.54. The minimum absolute atomic E-state index is 0.340. The molecule has 0 radical (unpaired) electrons. The number of rotatable bonds is 7. The Kier molecular flexibility index (Phi) is 6.07. The normalized spacial score (nSPS) is 17.7. The van der Waals surface area contributed by atoms with Crippen LogP contribution in [0.15, 0.2) is 24.3 Å². The number of aryl methyl sites for hydroxylation is 1. The van der Waals surface area contributed by atoms with Crippen LogP contribution in [0.5, 0.6) is 0 Å². The van der Waals surface area contributed by atoms with Gasteiger partial charge in [-0.25, -0.2) is 0 Å². The fourth-order valence-electron chi connectivity index (χ4n) is 3.17. The van der Waals surface area contributed by atoms with Crippen LogP contribution in [-0.4, -0.2) is 39.9 Å². The van der Waals surface area contributed by atoms with Crippen LogP contribution in [0.3, 0.4) is 0 Å². The van der Waals surface area contributed by atoms with Gasteiger partial charge in [0, 0.05) is 44.5 Å². The van der Waals surface area contributed by atoms with Crippen LogP contribution < -0.4 is 10.2 Å². The van der Waals surface area contributed by atoms with E-state index in [4.69, 9.17) is 4.74 Å². The highest BCUT2D eigenvalue weighted by molar-refractivity contribution is 5.47. The minimum Gasteiger partial charge on any atom is -0.381 e. The third-order valence-corrected chi connectivity index (χ3v) is 4.66. The van der Waals surface area contributed by atoms with Crippen LogP contribution in [0.25, 0.3) is 0 Å². The van der Waals surface area contributed by atoms with Crippen molar-refractivity contribution in [1.29, 1.82) is 0 Å². The van der Waals surface area contributed by atoms with E-state index in [-0.39, 0.29) is 0 Å². The quantitative estimate of drug-likeness (QED) is 0.835. The third-order valence-electron chi connectivity index (χ3n) is 4.66. The van der Waals surface area contributed by atoms with Crippen molar-refractivity contribution in [3.05, 3.63) is 29.8 Å². The monoisotopic (exact) mass is 290 g/mol. The maximum atomic E-state index is 5.58. The zero-order valence-electron chi connectivity index (χ0n) is 13.8. The standard InChI is InChI=1S/C18H30N2O/c1-4-16-6-8-17(9-7-16)20(3)15-18(14-19-5-2)10-12-21-13-11-18/h6-9,19H,4-5,10-15H2,1-3H3. The average molecular weight is 290 g/mol. The predicted molar refractivity (Wildman–Crippen MR) is 90.1 cm³/mol. The van der Waals surface area contributed by atoms with E-state index in [0.29, 0.717) is 5.41 Å². The van der Waals surface area contributed by atoms with E-state index in [0.717, 1.165) is 52.1 Å². The van der Waals surface area contributed by atoms with Crippen molar-refractivity contribution in [2.24, 2.45) is 5.41 Å². The zero-order valence-corrected chi connectivity index (χ0v) is 13.8. The van der Waals surface area contributed by atoms with Crippen molar-refractivity contribution in [3.63, 3.8) is 0 Å². The molecule has 1 fully saturated rings. The van der Waals surface area contributed by atoms with Crippen molar-refractivity contribution >= 4 is 5.69 Å². The van der Waals surface area contributed by atoms with Gasteiger partial charge in [0.25, 0.3) is 0 Å². The molecule has 1 saturated heterocycles. The van der Waals surface area contributed by atoms with Crippen LogP contribution in [0.1, 0.15) is 32.3 Å². The van der Waals surface area contributed by atoms with Crippen molar-refractivity contribution in [2.45, 2.75) is 33.1 Å². The van der Waals surface area contributed by atoms with Crippen LogP contribution in [0, 0.1) is 5.41 Å². The summed E-state index contributed by atoms with van der Waals surface area (Å²) in [7, 11) is 2.21. The topological polar surface area (TPSA) is 24.5 Å². The molecule has 0 amide bonds. The Hall–Kier alpha value is -1.06. The molecular formula is C18H30N2O. The van der Waals surface area contributed by atoms with Gasteiger partial charge in [-0.15, -0.1) is 0 Å². The van der Waals surface area contributed by atoms with E-state index in [2.05, 4.69) is 55.4 Å². The largest absolute Gasteiger partial charge is 0.381 e. The molecule has 3 heteroatoms. The molecule has 2 rings (SSSR count). The number of nitrogens with zero attached hydrogens (tertiary/aromatic N) is 1. The summed E-state index contributed by atoms with van der Waals surface area (Å²) in [6, 6.07) is 8.98. The molecule has 0 spiro atoms. The first kappa shape index (κ1) is 16.3. The summed E-state index contributed by atoms with van der Waals surface area (Å²) >= 11 is 0. The molecule has 0 aliphatic carbocycles. The highest BCUT2D eigenvalue weighted by atomic mass is 16.5. The van der Waals surface area contributed by atoms with Crippen molar-refractivity contribution in [2.75, 3.05) is 44.8 Å². The number of ether oxygens (including phenoxy) is 1. The van der Waals surface area contributed by atoms with Gasteiger partial charge in [0.15, 0.2) is 0 Å². The van der Waals surface area contributed by atoms with Gasteiger partial charge >= 0.3 is 0 Å². The van der Waals surface area contributed by atoms with E-state index in [1.807, 2.05) is 0 Å². The second-order valence-electron chi connectivity index (χ2n) is 6.27. The molecule has 1 heterocycles. The maximum Gasteiger partial charge on any atom is 0.0472 e. The summed E-state index contributed by atoms with van der Waals surface area (Å²) in [4.78, 5) is 2.40. The van der Waals surface area contributed by atoms with E-state index >= 15 is 0 Å². The van der Waals surface area contributed by atoms with Gasteiger partial charge in [-0.1, -0.05) is 26.0 Å².